The van der Waals surface area contributed by atoms with E-state index in [9.17, 15) is 4.39 Å². The standard InChI is InChI=1S/C10H9FN2O/c11-7-14-9-3-1-2-8(6-9)10-4-5-12-13-10/h1-6H,7H2,(H,12,13). The molecule has 0 aliphatic rings. The van der Waals surface area contributed by atoms with E-state index in [1.165, 1.54) is 0 Å². The van der Waals surface area contributed by atoms with Gasteiger partial charge in [0.15, 0.2) is 0 Å². The summed E-state index contributed by atoms with van der Waals surface area (Å²) in [6.45, 7) is -0.813. The van der Waals surface area contributed by atoms with Gasteiger partial charge in [-0.2, -0.15) is 5.10 Å². The van der Waals surface area contributed by atoms with Crippen molar-refractivity contribution < 1.29 is 9.13 Å². The van der Waals surface area contributed by atoms with Gasteiger partial charge in [0.1, 0.15) is 5.75 Å². The Labute approximate surface area is 80.5 Å². The zero-order chi connectivity index (χ0) is 9.80. The zero-order valence-electron chi connectivity index (χ0n) is 7.40. The summed E-state index contributed by atoms with van der Waals surface area (Å²) in [5, 5.41) is 6.66. The van der Waals surface area contributed by atoms with Crippen LogP contribution in [-0.4, -0.2) is 17.1 Å². The molecule has 0 atom stereocenters. The van der Waals surface area contributed by atoms with Crippen LogP contribution in [0.15, 0.2) is 36.5 Å². The summed E-state index contributed by atoms with van der Waals surface area (Å²) < 4.78 is 16.7. The van der Waals surface area contributed by atoms with Crippen molar-refractivity contribution in [2.45, 2.75) is 0 Å². The Morgan fingerprint density at radius 2 is 2.29 bits per heavy atom. The zero-order valence-corrected chi connectivity index (χ0v) is 7.40. The lowest BCUT2D eigenvalue weighted by molar-refractivity contribution is 0.192. The Balaban J connectivity index is 2.31. The van der Waals surface area contributed by atoms with E-state index in [2.05, 4.69) is 10.2 Å². The van der Waals surface area contributed by atoms with Crippen LogP contribution >= 0.6 is 0 Å². The van der Waals surface area contributed by atoms with Gasteiger partial charge in [-0.3, -0.25) is 5.10 Å². The highest BCUT2D eigenvalue weighted by Gasteiger charge is 2.00. The SMILES string of the molecule is FCOc1cccc(-c2ccn[nH]2)c1. The van der Waals surface area contributed by atoms with Crippen LogP contribution in [0, 0.1) is 0 Å². The predicted octanol–water partition coefficient (Wildman–Crippen LogP) is 2.38. The lowest BCUT2D eigenvalue weighted by atomic mass is 10.1. The highest BCUT2D eigenvalue weighted by Crippen LogP contribution is 2.21. The number of aromatic amines is 1. The van der Waals surface area contributed by atoms with Gasteiger partial charge in [0.2, 0.25) is 6.86 Å². The fourth-order valence-electron chi connectivity index (χ4n) is 1.23. The van der Waals surface area contributed by atoms with Gasteiger partial charge < -0.3 is 4.74 Å². The van der Waals surface area contributed by atoms with E-state index in [4.69, 9.17) is 4.74 Å². The normalized spacial score (nSPS) is 10.1. The number of halogens is 1. The maximum absolute atomic E-state index is 11.9. The Hall–Kier alpha value is -1.84. The van der Waals surface area contributed by atoms with Crippen molar-refractivity contribution >= 4 is 0 Å². The second kappa shape index (κ2) is 3.91. The molecule has 0 radical (unpaired) electrons. The molecule has 1 aromatic heterocycles. The summed E-state index contributed by atoms with van der Waals surface area (Å²) in [7, 11) is 0. The van der Waals surface area contributed by atoms with Crippen LogP contribution in [0.3, 0.4) is 0 Å². The number of hydrogen-bond acceptors (Lipinski definition) is 2. The minimum atomic E-state index is -0.813. The minimum absolute atomic E-state index is 0.514. The number of alkyl halides is 1. The first-order chi connectivity index (χ1) is 6.90. The van der Waals surface area contributed by atoms with Crippen LogP contribution in [0.4, 0.5) is 4.39 Å². The Kier molecular flexibility index (Phi) is 2.44. The fraction of sp³-hybridized carbons (Fsp3) is 0.100. The molecule has 72 valence electrons. The molecule has 1 N–H and O–H groups in total. The van der Waals surface area contributed by atoms with Gasteiger partial charge >= 0.3 is 0 Å². The predicted molar refractivity (Wildman–Crippen MR) is 50.6 cm³/mol. The molecule has 2 rings (SSSR count). The molecule has 1 aromatic carbocycles. The maximum Gasteiger partial charge on any atom is 0.228 e. The van der Waals surface area contributed by atoms with Crippen molar-refractivity contribution in [3.8, 4) is 17.0 Å². The smallest absolute Gasteiger partial charge is 0.228 e. The van der Waals surface area contributed by atoms with E-state index in [-0.39, 0.29) is 0 Å². The quantitative estimate of drug-likeness (QED) is 0.810. The summed E-state index contributed by atoms with van der Waals surface area (Å²) in [6, 6.07) is 9.01. The molecule has 2 aromatic rings. The van der Waals surface area contributed by atoms with Gasteiger partial charge in [-0.15, -0.1) is 0 Å². The molecule has 0 aliphatic carbocycles. The fourth-order valence-corrected chi connectivity index (χ4v) is 1.23. The van der Waals surface area contributed by atoms with Gasteiger partial charge in [0, 0.05) is 11.8 Å². The number of ether oxygens (including phenoxy) is 1. The molecular formula is C10H9FN2O. The summed E-state index contributed by atoms with van der Waals surface area (Å²) >= 11 is 0. The number of nitrogens with one attached hydrogen (secondary N) is 1. The van der Waals surface area contributed by atoms with Crippen molar-refractivity contribution in [1.29, 1.82) is 0 Å². The number of nitrogens with zero attached hydrogens (tertiary/aromatic N) is 1. The minimum Gasteiger partial charge on any atom is -0.463 e. The topological polar surface area (TPSA) is 37.9 Å². The Morgan fingerprint density at radius 1 is 1.36 bits per heavy atom. The number of benzene rings is 1. The molecule has 0 fully saturated rings. The van der Waals surface area contributed by atoms with Crippen molar-refractivity contribution in [1.82, 2.24) is 10.2 Å². The second-order valence-corrected chi connectivity index (χ2v) is 2.75. The average Bonchev–Trinajstić information content (AvgIpc) is 2.71. The molecule has 14 heavy (non-hydrogen) atoms. The Bertz CT molecular complexity index is 400. The molecule has 0 aliphatic heterocycles. The average molecular weight is 192 g/mol. The number of hydrogen-bond donors (Lipinski definition) is 1. The number of H-pyrrole nitrogens is 1. The first-order valence-corrected chi connectivity index (χ1v) is 4.19. The third kappa shape index (κ3) is 1.74. The highest BCUT2D eigenvalue weighted by molar-refractivity contribution is 5.60. The van der Waals surface area contributed by atoms with Crippen molar-refractivity contribution in [2.24, 2.45) is 0 Å². The molecule has 0 bridgehead atoms. The van der Waals surface area contributed by atoms with Gasteiger partial charge in [0.05, 0.1) is 5.69 Å². The van der Waals surface area contributed by atoms with E-state index < -0.39 is 6.86 Å². The lowest BCUT2D eigenvalue weighted by Crippen LogP contribution is -1.89. The summed E-state index contributed by atoms with van der Waals surface area (Å²) in [5.74, 6) is 0.514. The number of rotatable bonds is 3. The molecule has 0 saturated heterocycles. The van der Waals surface area contributed by atoms with Gasteiger partial charge in [-0.25, -0.2) is 4.39 Å². The van der Waals surface area contributed by atoms with E-state index in [0.717, 1.165) is 11.3 Å². The molecular weight excluding hydrogens is 183 g/mol. The molecule has 0 amide bonds. The molecule has 0 saturated carbocycles. The first-order valence-electron chi connectivity index (χ1n) is 4.19. The molecule has 4 heteroatoms. The number of aromatic nitrogens is 2. The largest absolute Gasteiger partial charge is 0.463 e. The van der Waals surface area contributed by atoms with Gasteiger partial charge in [-0.1, -0.05) is 12.1 Å². The first kappa shape index (κ1) is 8.74. The van der Waals surface area contributed by atoms with Crippen molar-refractivity contribution in [2.75, 3.05) is 6.86 Å². The van der Waals surface area contributed by atoms with Crippen LogP contribution in [0.2, 0.25) is 0 Å². The third-order valence-corrected chi connectivity index (χ3v) is 1.87. The van der Waals surface area contributed by atoms with E-state index >= 15 is 0 Å². The van der Waals surface area contributed by atoms with Crippen molar-refractivity contribution in [3.05, 3.63) is 36.5 Å². The van der Waals surface area contributed by atoms with Crippen LogP contribution in [-0.2, 0) is 0 Å². The van der Waals surface area contributed by atoms with Crippen LogP contribution in [0.25, 0.3) is 11.3 Å². The summed E-state index contributed by atoms with van der Waals surface area (Å²) in [5.41, 5.74) is 1.81. The summed E-state index contributed by atoms with van der Waals surface area (Å²) in [4.78, 5) is 0. The molecule has 0 unspecified atom stereocenters. The summed E-state index contributed by atoms with van der Waals surface area (Å²) in [6.07, 6.45) is 1.66. The second-order valence-electron chi connectivity index (χ2n) is 2.75. The molecule has 1 heterocycles. The van der Waals surface area contributed by atoms with Crippen molar-refractivity contribution in [3.63, 3.8) is 0 Å². The molecule has 0 spiro atoms. The lowest BCUT2D eigenvalue weighted by Gasteiger charge is -2.02. The van der Waals surface area contributed by atoms with Gasteiger partial charge in [0.25, 0.3) is 0 Å². The van der Waals surface area contributed by atoms with Crippen LogP contribution in [0.1, 0.15) is 0 Å². The monoisotopic (exact) mass is 192 g/mol. The Morgan fingerprint density at radius 3 is 3.00 bits per heavy atom. The van der Waals surface area contributed by atoms with E-state index in [0.29, 0.717) is 5.75 Å². The maximum atomic E-state index is 11.9. The third-order valence-electron chi connectivity index (χ3n) is 1.87. The van der Waals surface area contributed by atoms with E-state index in [1.54, 1.807) is 24.4 Å². The van der Waals surface area contributed by atoms with Crippen LogP contribution in [0.5, 0.6) is 5.75 Å². The highest BCUT2D eigenvalue weighted by atomic mass is 19.1. The van der Waals surface area contributed by atoms with Gasteiger partial charge in [-0.05, 0) is 18.2 Å². The van der Waals surface area contributed by atoms with E-state index in [1.807, 2.05) is 12.1 Å². The molecule has 3 nitrogen and oxygen atoms in total. The van der Waals surface area contributed by atoms with Crippen LogP contribution < -0.4 is 4.74 Å².